The summed E-state index contributed by atoms with van der Waals surface area (Å²) in [6.07, 6.45) is 2.89. The molecule has 0 unspecified atom stereocenters. The van der Waals surface area contributed by atoms with E-state index < -0.39 is 10.9 Å². The summed E-state index contributed by atoms with van der Waals surface area (Å²) in [5.41, 5.74) is 1.10. The van der Waals surface area contributed by atoms with Crippen molar-refractivity contribution in [3.05, 3.63) is 47.5 Å². The Morgan fingerprint density at radius 2 is 2.17 bits per heavy atom. The molecular formula is C16H15N3O2S2. The minimum atomic E-state index is -0.445. The molecule has 0 bridgehead atoms. The fourth-order valence-electron chi connectivity index (χ4n) is 3.31. The van der Waals surface area contributed by atoms with Gasteiger partial charge in [0.05, 0.1) is 0 Å². The van der Waals surface area contributed by atoms with Crippen LogP contribution in [0.3, 0.4) is 0 Å². The molecule has 1 N–H and O–H groups in total. The van der Waals surface area contributed by atoms with Crippen LogP contribution < -0.4 is 5.32 Å². The van der Waals surface area contributed by atoms with Crippen molar-refractivity contribution in [2.24, 2.45) is 0 Å². The van der Waals surface area contributed by atoms with E-state index in [0.717, 1.165) is 12.0 Å². The van der Waals surface area contributed by atoms with Crippen molar-refractivity contribution in [1.82, 2.24) is 9.88 Å². The topological polar surface area (TPSA) is 62.3 Å². The van der Waals surface area contributed by atoms with E-state index in [1.165, 1.54) is 11.3 Å². The van der Waals surface area contributed by atoms with Gasteiger partial charge in [0, 0.05) is 23.8 Å². The molecule has 0 spiro atoms. The largest absolute Gasteiger partial charge is 0.311 e. The monoisotopic (exact) mass is 345 g/mol. The molecule has 2 aliphatic rings. The number of fused-ring (bicyclic) bond motifs is 1. The number of carbonyl (C=O) groups excluding carboxylic acids is 2. The molecule has 2 saturated heterocycles. The van der Waals surface area contributed by atoms with Gasteiger partial charge in [0.1, 0.15) is 10.9 Å². The summed E-state index contributed by atoms with van der Waals surface area (Å²) >= 11 is 3.07. The van der Waals surface area contributed by atoms with Crippen LogP contribution in [0.2, 0.25) is 0 Å². The maximum Gasteiger partial charge on any atom is 0.249 e. The van der Waals surface area contributed by atoms with Crippen LogP contribution in [-0.4, -0.2) is 33.5 Å². The van der Waals surface area contributed by atoms with Crippen molar-refractivity contribution in [2.75, 3.05) is 11.1 Å². The third-order valence-corrected chi connectivity index (χ3v) is 6.60. The van der Waals surface area contributed by atoms with Crippen LogP contribution >= 0.6 is 23.1 Å². The summed E-state index contributed by atoms with van der Waals surface area (Å²) < 4.78 is 0. The Kier molecular flexibility index (Phi) is 3.61. The molecule has 1 aromatic carbocycles. The van der Waals surface area contributed by atoms with Crippen LogP contribution in [-0.2, 0) is 14.5 Å². The highest BCUT2D eigenvalue weighted by Crippen LogP contribution is 2.54. The smallest absolute Gasteiger partial charge is 0.249 e. The average molecular weight is 345 g/mol. The van der Waals surface area contributed by atoms with Gasteiger partial charge in [0.15, 0.2) is 5.13 Å². The molecule has 2 amide bonds. The first-order valence-electron chi connectivity index (χ1n) is 7.43. The fourth-order valence-corrected chi connectivity index (χ4v) is 5.49. The van der Waals surface area contributed by atoms with Gasteiger partial charge in [0.2, 0.25) is 11.8 Å². The van der Waals surface area contributed by atoms with E-state index >= 15 is 0 Å². The molecule has 2 fully saturated rings. The second-order valence-corrected chi connectivity index (χ2v) is 7.76. The van der Waals surface area contributed by atoms with Crippen LogP contribution in [0, 0.1) is 0 Å². The SMILES string of the molecule is O=C(Nc1nccs1)[C@H]1CS[C@]2(c3ccccc3)CCC(=O)N12. The number of benzene rings is 1. The predicted molar refractivity (Wildman–Crippen MR) is 91.2 cm³/mol. The van der Waals surface area contributed by atoms with Crippen LogP contribution in [0.5, 0.6) is 0 Å². The number of rotatable bonds is 3. The number of carbonyl (C=O) groups is 2. The van der Waals surface area contributed by atoms with Gasteiger partial charge in [-0.2, -0.15) is 0 Å². The lowest BCUT2D eigenvalue weighted by Crippen LogP contribution is -2.48. The number of thiazole rings is 1. The zero-order valence-electron chi connectivity index (χ0n) is 12.3. The lowest BCUT2D eigenvalue weighted by molar-refractivity contribution is -0.136. The number of hydrogen-bond acceptors (Lipinski definition) is 5. The Hall–Kier alpha value is -1.86. The number of anilines is 1. The van der Waals surface area contributed by atoms with Gasteiger partial charge in [-0.1, -0.05) is 30.3 Å². The normalized spacial score (nSPS) is 26.3. The fraction of sp³-hybridized carbons (Fsp3) is 0.312. The third-order valence-electron chi connectivity index (χ3n) is 4.32. The van der Waals surface area contributed by atoms with E-state index in [1.807, 2.05) is 35.7 Å². The highest BCUT2D eigenvalue weighted by molar-refractivity contribution is 8.00. The summed E-state index contributed by atoms with van der Waals surface area (Å²) in [4.78, 5) is 30.6. The van der Waals surface area contributed by atoms with Gasteiger partial charge in [-0.3, -0.25) is 9.59 Å². The van der Waals surface area contributed by atoms with Gasteiger partial charge in [-0.15, -0.1) is 23.1 Å². The molecule has 0 aliphatic carbocycles. The molecule has 4 rings (SSSR count). The molecular weight excluding hydrogens is 330 g/mol. The number of thioether (sulfide) groups is 1. The Bertz CT molecular complexity index is 735. The van der Waals surface area contributed by atoms with E-state index in [4.69, 9.17) is 0 Å². The highest BCUT2D eigenvalue weighted by atomic mass is 32.2. The molecule has 0 radical (unpaired) electrons. The summed E-state index contributed by atoms with van der Waals surface area (Å²) in [6, 6.07) is 9.56. The van der Waals surface area contributed by atoms with Gasteiger partial charge in [-0.25, -0.2) is 4.98 Å². The number of amides is 2. The minimum absolute atomic E-state index is 0.0538. The first-order valence-corrected chi connectivity index (χ1v) is 9.29. The summed E-state index contributed by atoms with van der Waals surface area (Å²) in [6.45, 7) is 0. The lowest BCUT2D eigenvalue weighted by Gasteiger charge is -2.33. The molecule has 23 heavy (non-hydrogen) atoms. The van der Waals surface area contributed by atoms with E-state index in [0.29, 0.717) is 17.3 Å². The predicted octanol–water partition coefficient (Wildman–Crippen LogP) is 2.67. The molecule has 118 valence electrons. The van der Waals surface area contributed by atoms with E-state index in [2.05, 4.69) is 10.3 Å². The van der Waals surface area contributed by atoms with Crippen molar-refractivity contribution < 1.29 is 9.59 Å². The Balaban J connectivity index is 1.64. The number of nitrogens with zero attached hydrogens (tertiary/aromatic N) is 2. The summed E-state index contributed by atoms with van der Waals surface area (Å²) in [5, 5.41) is 5.21. The molecule has 2 aromatic rings. The number of aromatic nitrogens is 1. The minimum Gasteiger partial charge on any atom is -0.311 e. The lowest BCUT2D eigenvalue weighted by atomic mass is 10.0. The average Bonchev–Trinajstić information content (AvgIpc) is 3.27. The van der Waals surface area contributed by atoms with Gasteiger partial charge in [-0.05, 0) is 12.0 Å². The van der Waals surface area contributed by atoms with Gasteiger partial charge in [0.25, 0.3) is 0 Å². The summed E-state index contributed by atoms with van der Waals surface area (Å²) in [5.74, 6) is 0.510. The van der Waals surface area contributed by atoms with E-state index in [1.54, 1.807) is 22.9 Å². The van der Waals surface area contributed by atoms with E-state index in [-0.39, 0.29) is 11.8 Å². The van der Waals surface area contributed by atoms with E-state index in [9.17, 15) is 9.59 Å². The van der Waals surface area contributed by atoms with Crippen LogP contribution in [0.25, 0.3) is 0 Å². The first kappa shape index (κ1) is 14.7. The van der Waals surface area contributed by atoms with Crippen LogP contribution in [0.15, 0.2) is 41.9 Å². The molecule has 0 saturated carbocycles. The quantitative estimate of drug-likeness (QED) is 0.929. The molecule has 3 heterocycles. The van der Waals surface area contributed by atoms with Crippen molar-refractivity contribution in [3.8, 4) is 0 Å². The molecule has 2 atom stereocenters. The Morgan fingerprint density at radius 3 is 2.91 bits per heavy atom. The standard InChI is InChI=1S/C16H15N3O2S2/c20-13-6-7-16(11-4-2-1-3-5-11)19(13)12(10-23-16)14(21)18-15-17-8-9-22-15/h1-5,8-9,12H,6-7,10H2,(H,17,18,21)/t12-,16+/m1/s1. The van der Waals surface area contributed by atoms with Crippen molar-refractivity contribution in [1.29, 1.82) is 0 Å². The molecule has 1 aromatic heterocycles. The van der Waals surface area contributed by atoms with Crippen molar-refractivity contribution in [2.45, 2.75) is 23.8 Å². The molecule has 7 heteroatoms. The van der Waals surface area contributed by atoms with Gasteiger partial charge >= 0.3 is 0 Å². The van der Waals surface area contributed by atoms with Crippen molar-refractivity contribution >= 4 is 40.0 Å². The highest BCUT2D eigenvalue weighted by Gasteiger charge is 2.56. The van der Waals surface area contributed by atoms with Crippen molar-refractivity contribution in [3.63, 3.8) is 0 Å². The maximum atomic E-state index is 12.6. The van der Waals surface area contributed by atoms with Crippen LogP contribution in [0.4, 0.5) is 5.13 Å². The third kappa shape index (κ3) is 2.35. The molecule has 5 nitrogen and oxygen atoms in total. The number of hydrogen-bond donors (Lipinski definition) is 1. The zero-order chi connectivity index (χ0) is 15.9. The summed E-state index contributed by atoms with van der Waals surface area (Å²) in [7, 11) is 0. The molecule has 2 aliphatic heterocycles. The number of nitrogens with one attached hydrogen (secondary N) is 1. The first-order chi connectivity index (χ1) is 11.2. The second kappa shape index (κ2) is 5.65. The van der Waals surface area contributed by atoms with Gasteiger partial charge < -0.3 is 10.2 Å². The Morgan fingerprint density at radius 1 is 1.35 bits per heavy atom. The maximum absolute atomic E-state index is 12.6. The Labute approximate surface area is 142 Å². The van der Waals surface area contributed by atoms with Crippen LogP contribution in [0.1, 0.15) is 18.4 Å². The second-order valence-electron chi connectivity index (χ2n) is 5.57. The zero-order valence-corrected chi connectivity index (χ0v) is 13.9.